The highest BCUT2D eigenvalue weighted by Crippen LogP contribution is 2.26. The summed E-state index contributed by atoms with van der Waals surface area (Å²) in [6.45, 7) is 3.85. The molecule has 0 aliphatic carbocycles. The van der Waals surface area contributed by atoms with Crippen molar-refractivity contribution in [2.24, 2.45) is 0 Å². The van der Waals surface area contributed by atoms with E-state index in [1.807, 2.05) is 0 Å². The van der Waals surface area contributed by atoms with Crippen molar-refractivity contribution in [1.29, 1.82) is 0 Å². The Morgan fingerprint density at radius 1 is 0.629 bits per heavy atom. The lowest BCUT2D eigenvalue weighted by molar-refractivity contribution is -0.301. The summed E-state index contributed by atoms with van der Waals surface area (Å²) >= 11 is 0. The highest BCUT2D eigenvalue weighted by Gasteiger charge is 2.48. The minimum absolute atomic E-state index is 0.0330. The van der Waals surface area contributed by atoms with E-state index in [0.29, 0.717) is 13.0 Å². The van der Waals surface area contributed by atoms with Gasteiger partial charge in [-0.05, 0) is 57.8 Å². The van der Waals surface area contributed by atoms with E-state index in [2.05, 4.69) is 78.8 Å². The molecular weight excluding hydrogens is 813 g/mol. The summed E-state index contributed by atoms with van der Waals surface area (Å²) < 4.78 is 59.0. The smallest absolute Gasteiger partial charge is 0.397 e. The second kappa shape index (κ2) is 40.3. The van der Waals surface area contributed by atoms with Crippen LogP contribution >= 0.6 is 0 Å². The van der Waals surface area contributed by atoms with Crippen molar-refractivity contribution in [3.8, 4) is 0 Å². The predicted octanol–water partition coefficient (Wildman–Crippen LogP) is 10.5. The molecule has 1 saturated heterocycles. The predicted molar refractivity (Wildman–Crippen MR) is 248 cm³/mol. The topological polar surface area (TPSA) is 178 Å². The van der Waals surface area contributed by atoms with Gasteiger partial charge in [-0.1, -0.05) is 177 Å². The fraction of sp³-hybridized carbons (Fsp3) is 0.776. The molecule has 6 atom stereocenters. The number of aliphatic hydroxyl groups is 3. The van der Waals surface area contributed by atoms with E-state index in [-0.39, 0.29) is 19.6 Å². The number of rotatable bonds is 41. The van der Waals surface area contributed by atoms with E-state index in [1.165, 1.54) is 77.0 Å². The standard InChI is InChI=1S/C49H86O12S/c1-3-5-7-9-11-13-15-16-17-18-19-20-21-22-23-24-25-26-27-28-29-30-32-34-36-38-45(51)59-43(41-57-39-37-35-33-31-14-12-10-8-6-4-2)42-58-49-47(53)48(61-62(54,55)56)46(52)44(40-50)60-49/h5,7,11,13,16-17,19-20,22-23,43-44,46-50,52-53H,3-4,6,8-10,12,14-15,18,21,24-42H2,1-2H3,(H,54,55,56)/b7-5-,13-11-,17-16-,20-19-,23-22-. The summed E-state index contributed by atoms with van der Waals surface area (Å²) in [4.78, 5) is 12.9. The average Bonchev–Trinajstić information content (AvgIpc) is 3.24. The van der Waals surface area contributed by atoms with E-state index in [1.54, 1.807) is 0 Å². The number of allylic oxidation sites excluding steroid dienone is 10. The summed E-state index contributed by atoms with van der Waals surface area (Å²) in [5.74, 6) is -0.407. The molecule has 0 aromatic rings. The van der Waals surface area contributed by atoms with Gasteiger partial charge in [0, 0.05) is 13.0 Å². The molecule has 1 heterocycles. The Labute approximate surface area is 376 Å². The van der Waals surface area contributed by atoms with Crippen LogP contribution in [0.3, 0.4) is 0 Å². The number of aliphatic hydroxyl groups excluding tert-OH is 3. The van der Waals surface area contributed by atoms with Crippen molar-refractivity contribution >= 4 is 16.4 Å². The van der Waals surface area contributed by atoms with E-state index < -0.39 is 59.8 Å². The molecule has 0 saturated carbocycles. The molecule has 0 aromatic heterocycles. The Morgan fingerprint density at radius 3 is 1.63 bits per heavy atom. The SMILES string of the molecule is CC/C=C\C/C=C\C/C=C\C/C=C\C/C=C\CCCCCCCCCCCC(=O)OC(COCCCCCCCCCCCC)COC1OC(CO)C(O)C(OS(=O)(=O)O)C1O. The van der Waals surface area contributed by atoms with Gasteiger partial charge >= 0.3 is 16.4 Å². The van der Waals surface area contributed by atoms with Gasteiger partial charge in [0.2, 0.25) is 0 Å². The van der Waals surface area contributed by atoms with Crippen LogP contribution in [-0.4, -0.2) is 97.5 Å². The highest BCUT2D eigenvalue weighted by molar-refractivity contribution is 7.80. The molecular formula is C49H86O12S. The Balaban J connectivity index is 2.33. The lowest BCUT2D eigenvalue weighted by Gasteiger charge is -2.41. The molecule has 1 fully saturated rings. The fourth-order valence-electron chi connectivity index (χ4n) is 7.05. The first-order valence-electron chi connectivity index (χ1n) is 24.0. The molecule has 62 heavy (non-hydrogen) atoms. The second-order valence-corrected chi connectivity index (χ2v) is 17.4. The summed E-state index contributed by atoms with van der Waals surface area (Å²) in [5, 5.41) is 30.7. The monoisotopic (exact) mass is 899 g/mol. The van der Waals surface area contributed by atoms with Crippen molar-refractivity contribution < 1.29 is 56.2 Å². The Morgan fingerprint density at radius 2 is 1.11 bits per heavy atom. The first-order valence-corrected chi connectivity index (χ1v) is 25.4. The third kappa shape index (κ3) is 33.3. The summed E-state index contributed by atoms with van der Waals surface area (Å²) in [7, 11) is -5.06. The lowest BCUT2D eigenvalue weighted by Crippen LogP contribution is -2.60. The maximum Gasteiger partial charge on any atom is 0.397 e. The molecule has 13 heteroatoms. The normalized spacial score (nSPS) is 20.5. The maximum absolute atomic E-state index is 12.9. The number of hydrogen-bond acceptors (Lipinski definition) is 11. The van der Waals surface area contributed by atoms with Gasteiger partial charge in [-0.25, -0.2) is 4.18 Å². The molecule has 1 aliphatic heterocycles. The molecule has 1 aliphatic rings. The highest BCUT2D eigenvalue weighted by atomic mass is 32.3. The zero-order chi connectivity index (χ0) is 45.4. The molecule has 360 valence electrons. The van der Waals surface area contributed by atoms with Crippen LogP contribution in [0.25, 0.3) is 0 Å². The fourth-order valence-corrected chi connectivity index (χ4v) is 7.56. The first-order chi connectivity index (χ1) is 30.1. The molecule has 0 aromatic carbocycles. The van der Waals surface area contributed by atoms with Gasteiger partial charge < -0.3 is 34.3 Å². The maximum atomic E-state index is 12.9. The molecule has 12 nitrogen and oxygen atoms in total. The van der Waals surface area contributed by atoms with Gasteiger partial charge in [0.15, 0.2) is 6.29 Å². The molecule has 1 rings (SSSR count). The summed E-state index contributed by atoms with van der Waals surface area (Å²) in [5.41, 5.74) is 0. The van der Waals surface area contributed by atoms with Crippen LogP contribution in [0.1, 0.15) is 181 Å². The van der Waals surface area contributed by atoms with Gasteiger partial charge in [0.25, 0.3) is 0 Å². The molecule has 0 amide bonds. The van der Waals surface area contributed by atoms with Crippen LogP contribution in [0.4, 0.5) is 0 Å². The minimum Gasteiger partial charge on any atom is -0.457 e. The number of unbranched alkanes of at least 4 members (excludes halogenated alkanes) is 18. The van der Waals surface area contributed by atoms with E-state index in [9.17, 15) is 28.5 Å². The van der Waals surface area contributed by atoms with Gasteiger partial charge in [0.05, 0.1) is 19.8 Å². The number of carbonyl (C=O) groups is 1. The third-order valence-electron chi connectivity index (χ3n) is 10.7. The molecule has 0 spiro atoms. The minimum atomic E-state index is -5.06. The first kappa shape index (κ1) is 57.8. The molecule has 6 unspecified atom stereocenters. The number of esters is 1. The molecule has 4 N–H and O–H groups in total. The molecule has 0 radical (unpaired) electrons. The lowest BCUT2D eigenvalue weighted by atomic mass is 9.99. The zero-order valence-corrected chi connectivity index (χ0v) is 39.2. The van der Waals surface area contributed by atoms with E-state index in [4.69, 9.17) is 23.5 Å². The van der Waals surface area contributed by atoms with Crippen LogP contribution in [-0.2, 0) is 38.3 Å². The van der Waals surface area contributed by atoms with Crippen molar-refractivity contribution in [3.05, 3.63) is 60.8 Å². The van der Waals surface area contributed by atoms with Crippen molar-refractivity contribution in [3.63, 3.8) is 0 Å². The average molecular weight is 899 g/mol. The van der Waals surface area contributed by atoms with Crippen molar-refractivity contribution in [2.45, 2.75) is 218 Å². The molecule has 0 bridgehead atoms. The van der Waals surface area contributed by atoms with Gasteiger partial charge in [0.1, 0.15) is 30.5 Å². The van der Waals surface area contributed by atoms with Crippen LogP contribution < -0.4 is 0 Å². The number of carbonyl (C=O) groups excluding carboxylic acids is 1. The second-order valence-electron chi connectivity index (χ2n) is 16.3. The Bertz CT molecular complexity index is 1310. The van der Waals surface area contributed by atoms with E-state index >= 15 is 0 Å². The zero-order valence-electron chi connectivity index (χ0n) is 38.4. The Hall–Kier alpha value is -2.20. The van der Waals surface area contributed by atoms with Gasteiger partial charge in [-0.2, -0.15) is 8.42 Å². The summed E-state index contributed by atoms with van der Waals surface area (Å²) in [6.07, 6.45) is 41.2. The van der Waals surface area contributed by atoms with Crippen LogP contribution in [0.2, 0.25) is 0 Å². The number of ether oxygens (including phenoxy) is 4. The van der Waals surface area contributed by atoms with Gasteiger partial charge in [-0.15, -0.1) is 0 Å². The van der Waals surface area contributed by atoms with Crippen molar-refractivity contribution in [1.82, 2.24) is 0 Å². The Kier molecular flexibility index (Phi) is 37.6. The van der Waals surface area contributed by atoms with Gasteiger partial charge in [-0.3, -0.25) is 9.35 Å². The number of hydrogen-bond donors (Lipinski definition) is 4. The largest absolute Gasteiger partial charge is 0.457 e. The van der Waals surface area contributed by atoms with Crippen LogP contribution in [0.15, 0.2) is 60.8 Å². The van der Waals surface area contributed by atoms with Crippen LogP contribution in [0, 0.1) is 0 Å². The quantitative estimate of drug-likeness (QED) is 0.0198. The van der Waals surface area contributed by atoms with Crippen molar-refractivity contribution in [2.75, 3.05) is 26.4 Å². The third-order valence-corrected chi connectivity index (χ3v) is 11.1. The van der Waals surface area contributed by atoms with E-state index in [0.717, 1.165) is 77.0 Å². The summed E-state index contributed by atoms with van der Waals surface area (Å²) in [6, 6.07) is 0. The van der Waals surface area contributed by atoms with Crippen LogP contribution in [0.5, 0.6) is 0 Å².